The molecule has 0 heterocycles. The Labute approximate surface area is 111 Å². The second-order valence-electron chi connectivity index (χ2n) is 5.57. The third kappa shape index (κ3) is 4.32. The van der Waals surface area contributed by atoms with Crippen LogP contribution in [0, 0.1) is 11.8 Å². The SMILES string of the molecule is CCC(=O)N(C/C=C\C1CC=CCC1)CC1CC1. The number of carbonyl (C=O) groups excluding carboxylic acids is 1. The van der Waals surface area contributed by atoms with E-state index in [4.69, 9.17) is 0 Å². The zero-order chi connectivity index (χ0) is 12.8. The molecular formula is C16H25NO. The first-order valence-corrected chi connectivity index (χ1v) is 7.39. The van der Waals surface area contributed by atoms with Gasteiger partial charge in [0.05, 0.1) is 0 Å². The lowest BCUT2D eigenvalue weighted by molar-refractivity contribution is -0.130. The number of nitrogens with zero attached hydrogens (tertiary/aromatic N) is 1. The first-order valence-electron chi connectivity index (χ1n) is 7.39. The summed E-state index contributed by atoms with van der Waals surface area (Å²) in [4.78, 5) is 13.9. The summed E-state index contributed by atoms with van der Waals surface area (Å²) in [5, 5.41) is 0. The standard InChI is InChI=1S/C16H25NO/c1-2-16(18)17(13-15-10-11-15)12-6-9-14-7-4-3-5-8-14/h3-4,6,9,14-15H,2,5,7-8,10-13H2,1H3/b9-6-. The van der Waals surface area contributed by atoms with E-state index in [2.05, 4.69) is 24.3 Å². The Balaban J connectivity index is 1.78. The highest BCUT2D eigenvalue weighted by Crippen LogP contribution is 2.29. The lowest BCUT2D eigenvalue weighted by atomic mass is 9.94. The van der Waals surface area contributed by atoms with Crippen LogP contribution >= 0.6 is 0 Å². The van der Waals surface area contributed by atoms with Gasteiger partial charge in [0.15, 0.2) is 0 Å². The van der Waals surface area contributed by atoms with E-state index in [0.717, 1.165) is 19.0 Å². The van der Waals surface area contributed by atoms with E-state index < -0.39 is 0 Å². The number of rotatable bonds is 6. The molecular weight excluding hydrogens is 222 g/mol. The molecule has 0 bridgehead atoms. The number of hydrogen-bond acceptors (Lipinski definition) is 1. The maximum absolute atomic E-state index is 11.8. The summed E-state index contributed by atoms with van der Waals surface area (Å²) >= 11 is 0. The fraction of sp³-hybridized carbons (Fsp3) is 0.688. The third-order valence-electron chi connectivity index (χ3n) is 3.87. The average Bonchev–Trinajstić information content (AvgIpc) is 3.22. The molecule has 1 saturated carbocycles. The van der Waals surface area contributed by atoms with Crippen LogP contribution < -0.4 is 0 Å². The highest BCUT2D eigenvalue weighted by atomic mass is 16.2. The second-order valence-corrected chi connectivity index (χ2v) is 5.57. The minimum atomic E-state index is 0.301. The Bertz CT molecular complexity index is 328. The molecule has 0 aromatic carbocycles. The van der Waals surface area contributed by atoms with Crippen molar-refractivity contribution in [3.8, 4) is 0 Å². The minimum absolute atomic E-state index is 0.301. The second kappa shape index (κ2) is 6.77. The molecule has 0 aromatic heterocycles. The number of carbonyl (C=O) groups is 1. The van der Waals surface area contributed by atoms with Gasteiger partial charge in [-0.3, -0.25) is 4.79 Å². The molecule has 1 unspecified atom stereocenters. The van der Waals surface area contributed by atoms with Gasteiger partial charge in [0.1, 0.15) is 0 Å². The van der Waals surface area contributed by atoms with Crippen molar-refractivity contribution in [1.29, 1.82) is 0 Å². The molecule has 100 valence electrons. The van der Waals surface area contributed by atoms with Crippen molar-refractivity contribution in [2.24, 2.45) is 11.8 Å². The summed E-state index contributed by atoms with van der Waals surface area (Å²) in [7, 11) is 0. The molecule has 18 heavy (non-hydrogen) atoms. The molecule has 0 N–H and O–H groups in total. The number of allylic oxidation sites excluding steroid dienone is 3. The molecule has 2 aliphatic rings. The molecule has 0 spiro atoms. The quantitative estimate of drug-likeness (QED) is 0.657. The Morgan fingerprint density at radius 2 is 2.17 bits per heavy atom. The first-order chi connectivity index (χ1) is 8.79. The molecule has 2 rings (SSSR count). The topological polar surface area (TPSA) is 20.3 Å². The molecule has 0 aromatic rings. The van der Waals surface area contributed by atoms with Crippen molar-refractivity contribution in [2.75, 3.05) is 13.1 Å². The van der Waals surface area contributed by atoms with Crippen LogP contribution in [0.15, 0.2) is 24.3 Å². The van der Waals surface area contributed by atoms with Gasteiger partial charge < -0.3 is 4.90 Å². The lowest BCUT2D eigenvalue weighted by Crippen LogP contribution is -2.32. The summed E-state index contributed by atoms with van der Waals surface area (Å²) < 4.78 is 0. The van der Waals surface area contributed by atoms with E-state index in [1.165, 1.54) is 32.1 Å². The average molecular weight is 247 g/mol. The van der Waals surface area contributed by atoms with Gasteiger partial charge in [-0.2, -0.15) is 0 Å². The minimum Gasteiger partial charge on any atom is -0.339 e. The van der Waals surface area contributed by atoms with Gasteiger partial charge in [0.25, 0.3) is 0 Å². The summed E-state index contributed by atoms with van der Waals surface area (Å²) in [5.74, 6) is 1.77. The molecule has 1 amide bonds. The van der Waals surface area contributed by atoms with E-state index in [1.54, 1.807) is 0 Å². The predicted molar refractivity (Wildman–Crippen MR) is 75.2 cm³/mol. The van der Waals surface area contributed by atoms with Crippen molar-refractivity contribution >= 4 is 5.91 Å². The predicted octanol–water partition coefficient (Wildman–Crippen LogP) is 3.55. The van der Waals surface area contributed by atoms with Crippen LogP contribution in [0.3, 0.4) is 0 Å². The summed E-state index contributed by atoms with van der Waals surface area (Å²) in [5.41, 5.74) is 0. The van der Waals surface area contributed by atoms with E-state index in [-0.39, 0.29) is 0 Å². The fourth-order valence-electron chi connectivity index (χ4n) is 2.49. The van der Waals surface area contributed by atoms with Crippen LogP contribution in [0.5, 0.6) is 0 Å². The number of hydrogen-bond donors (Lipinski definition) is 0. The monoisotopic (exact) mass is 247 g/mol. The van der Waals surface area contributed by atoms with Gasteiger partial charge in [-0.25, -0.2) is 0 Å². The van der Waals surface area contributed by atoms with Crippen LogP contribution in [-0.2, 0) is 4.79 Å². The van der Waals surface area contributed by atoms with Gasteiger partial charge in [-0.05, 0) is 43.9 Å². The molecule has 2 aliphatic carbocycles. The van der Waals surface area contributed by atoms with Gasteiger partial charge in [-0.1, -0.05) is 31.2 Å². The summed E-state index contributed by atoms with van der Waals surface area (Å²) in [6.07, 6.45) is 15.9. The van der Waals surface area contributed by atoms with Crippen LogP contribution in [0.4, 0.5) is 0 Å². The summed E-state index contributed by atoms with van der Waals surface area (Å²) in [6.45, 7) is 3.74. The van der Waals surface area contributed by atoms with Crippen molar-refractivity contribution < 1.29 is 4.79 Å². The molecule has 0 radical (unpaired) electrons. The molecule has 2 nitrogen and oxygen atoms in total. The molecule has 2 heteroatoms. The van der Waals surface area contributed by atoms with Gasteiger partial charge >= 0.3 is 0 Å². The Hall–Kier alpha value is -1.05. The van der Waals surface area contributed by atoms with E-state index >= 15 is 0 Å². The normalized spacial score (nSPS) is 23.5. The maximum Gasteiger partial charge on any atom is 0.222 e. The number of amides is 1. The van der Waals surface area contributed by atoms with Gasteiger partial charge in [0, 0.05) is 19.5 Å². The van der Waals surface area contributed by atoms with Crippen molar-refractivity contribution in [3.05, 3.63) is 24.3 Å². The smallest absolute Gasteiger partial charge is 0.222 e. The zero-order valence-electron chi connectivity index (χ0n) is 11.5. The maximum atomic E-state index is 11.8. The van der Waals surface area contributed by atoms with Crippen LogP contribution in [-0.4, -0.2) is 23.9 Å². The van der Waals surface area contributed by atoms with Crippen molar-refractivity contribution in [2.45, 2.75) is 45.4 Å². The van der Waals surface area contributed by atoms with Gasteiger partial charge in [0.2, 0.25) is 5.91 Å². The molecule has 1 atom stereocenters. The van der Waals surface area contributed by atoms with E-state index in [1.807, 2.05) is 11.8 Å². The van der Waals surface area contributed by atoms with Crippen molar-refractivity contribution in [1.82, 2.24) is 4.90 Å². The lowest BCUT2D eigenvalue weighted by Gasteiger charge is -2.21. The van der Waals surface area contributed by atoms with Crippen molar-refractivity contribution in [3.63, 3.8) is 0 Å². The Kier molecular flexibility index (Phi) is 5.03. The van der Waals surface area contributed by atoms with Gasteiger partial charge in [-0.15, -0.1) is 0 Å². The van der Waals surface area contributed by atoms with Crippen LogP contribution in [0.25, 0.3) is 0 Å². The highest BCUT2D eigenvalue weighted by molar-refractivity contribution is 5.76. The van der Waals surface area contributed by atoms with Crippen LogP contribution in [0.2, 0.25) is 0 Å². The van der Waals surface area contributed by atoms with Crippen LogP contribution in [0.1, 0.15) is 45.4 Å². The summed E-state index contributed by atoms with van der Waals surface area (Å²) in [6, 6.07) is 0. The van der Waals surface area contributed by atoms with E-state index in [0.29, 0.717) is 18.2 Å². The molecule has 1 fully saturated rings. The first kappa shape index (κ1) is 13.4. The zero-order valence-corrected chi connectivity index (χ0v) is 11.5. The Morgan fingerprint density at radius 3 is 2.78 bits per heavy atom. The largest absolute Gasteiger partial charge is 0.339 e. The Morgan fingerprint density at radius 1 is 1.33 bits per heavy atom. The third-order valence-corrected chi connectivity index (χ3v) is 3.87. The molecule has 0 aliphatic heterocycles. The molecule has 0 saturated heterocycles. The van der Waals surface area contributed by atoms with E-state index in [9.17, 15) is 4.79 Å². The fourth-order valence-corrected chi connectivity index (χ4v) is 2.49. The highest BCUT2D eigenvalue weighted by Gasteiger charge is 2.25.